The lowest BCUT2D eigenvalue weighted by Crippen LogP contribution is -2.17. The van der Waals surface area contributed by atoms with Crippen molar-refractivity contribution in [3.8, 4) is 0 Å². The second-order valence-electron chi connectivity index (χ2n) is 5.45. The molecule has 0 saturated heterocycles. The first-order valence-corrected chi connectivity index (χ1v) is 9.83. The summed E-state index contributed by atoms with van der Waals surface area (Å²) in [6.45, 7) is 0. The lowest BCUT2D eigenvalue weighted by Gasteiger charge is -2.12. The molecule has 0 bridgehead atoms. The number of aromatic nitrogens is 2. The molecule has 0 spiro atoms. The average Bonchev–Trinajstić information content (AvgIpc) is 2.69. The second kappa shape index (κ2) is 9.31. The Balaban J connectivity index is 2.65. The molecule has 16 heteroatoms. The van der Waals surface area contributed by atoms with Gasteiger partial charge in [-0.15, -0.1) is 0 Å². The highest BCUT2D eigenvalue weighted by atomic mass is 33.1. The highest BCUT2D eigenvalue weighted by molar-refractivity contribution is 8.76. The van der Waals surface area contributed by atoms with Crippen LogP contribution in [0.15, 0.2) is 22.4 Å². The molecule has 0 saturated carbocycles. The molecule has 2 aromatic rings. The van der Waals surface area contributed by atoms with E-state index in [1.807, 2.05) is 0 Å². The topological polar surface area (TPSA) is 250 Å². The van der Waals surface area contributed by atoms with Gasteiger partial charge in [0.15, 0.2) is 0 Å². The van der Waals surface area contributed by atoms with Gasteiger partial charge in [0.1, 0.15) is 21.2 Å². The Morgan fingerprint density at radius 2 is 0.781 bits per heavy atom. The molecule has 2 aromatic heterocycles. The van der Waals surface area contributed by atoms with Crippen molar-refractivity contribution in [1.82, 2.24) is 9.97 Å². The third-order valence-corrected chi connectivity index (χ3v) is 5.82. The van der Waals surface area contributed by atoms with Crippen molar-refractivity contribution in [2.24, 2.45) is 0 Å². The Morgan fingerprint density at radius 1 is 0.500 bits per heavy atom. The molecule has 32 heavy (non-hydrogen) atoms. The van der Waals surface area contributed by atoms with E-state index in [0.29, 0.717) is 34.0 Å². The van der Waals surface area contributed by atoms with E-state index in [1.165, 1.54) is 0 Å². The minimum Gasteiger partial charge on any atom is -0.478 e. The average molecular weight is 484 g/mol. The normalized spacial score (nSPS) is 10.4. The third-order valence-electron chi connectivity index (χ3n) is 3.60. The van der Waals surface area contributed by atoms with Crippen LogP contribution in [0.2, 0.25) is 0 Å². The van der Waals surface area contributed by atoms with Crippen LogP contribution in [0.25, 0.3) is 0 Å². The van der Waals surface area contributed by atoms with Gasteiger partial charge < -0.3 is 30.6 Å². The number of hydrogen-bond donors (Lipinski definition) is 6. The third kappa shape index (κ3) is 4.60. The predicted octanol–water partition coefficient (Wildman–Crippen LogP) is 1.47. The summed E-state index contributed by atoms with van der Waals surface area (Å²) in [4.78, 5) is 75.7. The lowest BCUT2D eigenvalue weighted by molar-refractivity contribution is 0.0628. The largest absolute Gasteiger partial charge is 0.478 e. The van der Waals surface area contributed by atoms with E-state index in [9.17, 15) is 49.2 Å². The number of rotatable bonds is 9. The molecule has 166 valence electrons. The van der Waals surface area contributed by atoms with Crippen LogP contribution in [0.3, 0.4) is 0 Å². The summed E-state index contributed by atoms with van der Waals surface area (Å²) in [6.07, 6.45) is 1.17. The van der Waals surface area contributed by atoms with Gasteiger partial charge in [-0.25, -0.2) is 38.7 Å². The Hall–Kier alpha value is -4.18. The fraction of sp³-hybridized carbons (Fsp3) is 0. The van der Waals surface area contributed by atoms with E-state index in [-0.39, 0.29) is 0 Å². The van der Waals surface area contributed by atoms with Crippen LogP contribution >= 0.6 is 21.6 Å². The lowest BCUT2D eigenvalue weighted by atomic mass is 10.0. The molecule has 14 nitrogen and oxygen atoms in total. The highest BCUT2D eigenvalue weighted by Gasteiger charge is 2.31. The maximum Gasteiger partial charge on any atom is 0.339 e. The Labute approximate surface area is 182 Å². The number of aromatic carboxylic acids is 6. The van der Waals surface area contributed by atoms with Crippen LogP contribution in [0.5, 0.6) is 0 Å². The first kappa shape index (κ1) is 24.1. The minimum atomic E-state index is -1.88. The van der Waals surface area contributed by atoms with E-state index in [4.69, 9.17) is 10.2 Å². The molecule has 0 radical (unpaired) electrons. The summed E-state index contributed by atoms with van der Waals surface area (Å²) in [5.41, 5.74) is -6.00. The van der Waals surface area contributed by atoms with Gasteiger partial charge >= 0.3 is 35.8 Å². The summed E-state index contributed by atoms with van der Waals surface area (Å²) in [5, 5.41) is 54.4. The summed E-state index contributed by atoms with van der Waals surface area (Å²) < 4.78 is 0. The zero-order chi connectivity index (χ0) is 24.3. The van der Waals surface area contributed by atoms with Crippen LogP contribution < -0.4 is 0 Å². The predicted molar refractivity (Wildman–Crippen MR) is 102 cm³/mol. The van der Waals surface area contributed by atoms with Crippen LogP contribution in [0.1, 0.15) is 62.1 Å². The van der Waals surface area contributed by atoms with Crippen LogP contribution in [0.4, 0.5) is 0 Å². The molecule has 0 atom stereocenters. The molecule has 0 aliphatic rings. The molecule has 0 amide bonds. The molecular formula is C16H8N2O12S2. The maximum absolute atomic E-state index is 11.6. The smallest absolute Gasteiger partial charge is 0.339 e. The van der Waals surface area contributed by atoms with Crippen LogP contribution in [-0.4, -0.2) is 76.4 Å². The van der Waals surface area contributed by atoms with Crippen molar-refractivity contribution >= 4 is 57.4 Å². The maximum atomic E-state index is 11.6. The minimum absolute atomic E-state index is 0.349. The molecule has 0 fully saturated rings. The fourth-order valence-corrected chi connectivity index (χ4v) is 4.49. The molecule has 0 unspecified atom stereocenters. The zero-order valence-electron chi connectivity index (χ0n) is 15.0. The number of hydrogen-bond acceptors (Lipinski definition) is 10. The molecule has 2 heterocycles. The van der Waals surface area contributed by atoms with Gasteiger partial charge in [-0.3, -0.25) is 0 Å². The molecular weight excluding hydrogens is 476 g/mol. The fourth-order valence-electron chi connectivity index (χ4n) is 2.36. The van der Waals surface area contributed by atoms with Crippen molar-refractivity contribution < 1.29 is 59.4 Å². The quantitative estimate of drug-likeness (QED) is 0.275. The summed E-state index contributed by atoms with van der Waals surface area (Å²) in [5.74, 6) is -11.0. The van der Waals surface area contributed by atoms with Crippen molar-refractivity contribution in [3.05, 3.63) is 45.8 Å². The van der Waals surface area contributed by atoms with Crippen molar-refractivity contribution in [3.63, 3.8) is 0 Å². The molecule has 6 N–H and O–H groups in total. The summed E-state index contributed by atoms with van der Waals surface area (Å²) in [7, 11) is 0.698. The number of carbonyl (C=O) groups is 6. The van der Waals surface area contributed by atoms with Crippen molar-refractivity contribution in [2.75, 3.05) is 0 Å². The number of carboxylic acid groups (broad SMARTS) is 6. The van der Waals surface area contributed by atoms with Gasteiger partial charge in [-0.1, -0.05) is 0 Å². The van der Waals surface area contributed by atoms with E-state index >= 15 is 0 Å². The van der Waals surface area contributed by atoms with E-state index in [1.54, 1.807) is 0 Å². The van der Waals surface area contributed by atoms with E-state index < -0.39 is 79.2 Å². The van der Waals surface area contributed by atoms with E-state index in [2.05, 4.69) is 9.97 Å². The number of carboxylic acids is 6. The SMILES string of the molecule is O=C(O)c1cnc(SSc2ncc(C(=O)O)c(C(=O)O)c2C(=O)O)c(C(=O)O)c1C(=O)O. The van der Waals surface area contributed by atoms with Gasteiger partial charge in [0.2, 0.25) is 0 Å². The Bertz CT molecular complexity index is 1120. The standard InChI is InChI=1S/C16H8N2O12S2/c19-11(20)3-1-17-9(7(15(27)28)5(3)13(23)24)31-32-10-8(16(29)30)6(14(25)26)4(2-18-10)12(21)22/h1-2H,(H,19,20)(H,21,22)(H,23,24)(H,25,26)(H,27,28)(H,29,30). The number of nitrogens with zero attached hydrogens (tertiary/aromatic N) is 2. The van der Waals surface area contributed by atoms with Gasteiger partial charge in [0.25, 0.3) is 0 Å². The Morgan fingerprint density at radius 3 is 1.00 bits per heavy atom. The first-order valence-electron chi connectivity index (χ1n) is 7.68. The molecule has 0 aliphatic carbocycles. The zero-order valence-corrected chi connectivity index (χ0v) is 16.6. The van der Waals surface area contributed by atoms with Gasteiger partial charge in [0.05, 0.1) is 22.3 Å². The molecule has 2 rings (SSSR count). The van der Waals surface area contributed by atoms with Crippen molar-refractivity contribution in [2.45, 2.75) is 10.1 Å². The monoisotopic (exact) mass is 484 g/mol. The molecule has 0 aromatic carbocycles. The Kier molecular flexibility index (Phi) is 7.01. The highest BCUT2D eigenvalue weighted by Crippen LogP contribution is 2.41. The summed E-state index contributed by atoms with van der Waals surface area (Å²) in [6, 6.07) is 0. The van der Waals surface area contributed by atoms with Gasteiger partial charge in [-0.2, -0.15) is 0 Å². The van der Waals surface area contributed by atoms with Crippen LogP contribution in [-0.2, 0) is 0 Å². The summed E-state index contributed by atoms with van der Waals surface area (Å²) >= 11 is 0. The van der Waals surface area contributed by atoms with Gasteiger partial charge in [0, 0.05) is 12.4 Å². The van der Waals surface area contributed by atoms with Crippen molar-refractivity contribution in [1.29, 1.82) is 0 Å². The van der Waals surface area contributed by atoms with Crippen LogP contribution in [0, 0.1) is 0 Å². The number of pyridine rings is 2. The second-order valence-corrected chi connectivity index (χ2v) is 7.56. The van der Waals surface area contributed by atoms with Gasteiger partial charge in [-0.05, 0) is 21.6 Å². The molecule has 0 aliphatic heterocycles. The van der Waals surface area contributed by atoms with E-state index in [0.717, 1.165) is 0 Å². The first-order chi connectivity index (χ1) is 14.9.